The predicted octanol–water partition coefficient (Wildman–Crippen LogP) is 6.06. The maximum absolute atomic E-state index is 5.71. The molecular formula is C27H37N2O2+. The largest absolute Gasteiger partial charge is 0.496 e. The Morgan fingerprint density at radius 2 is 1.26 bits per heavy atom. The van der Waals surface area contributed by atoms with Crippen LogP contribution in [0.3, 0.4) is 0 Å². The number of imidazole rings is 1. The van der Waals surface area contributed by atoms with E-state index >= 15 is 0 Å². The van der Waals surface area contributed by atoms with Gasteiger partial charge >= 0.3 is 0 Å². The fourth-order valence-electron chi connectivity index (χ4n) is 4.62. The van der Waals surface area contributed by atoms with Crippen molar-refractivity contribution in [1.82, 2.24) is 4.57 Å². The standard InChI is InChI=1S/C27H37N2O2/c1-26(2,3)24(20-13-9-11-15-22(20)30-7)28-17-18-29(19-28)25(27(4,5)6)21-14-10-12-16-23(21)31-8/h9-19,24-25H,1-8H3/q+1/t24-,25-/m1/s1. The minimum Gasteiger partial charge on any atom is -0.496 e. The van der Waals surface area contributed by atoms with Gasteiger partial charge in [0.05, 0.1) is 14.2 Å². The van der Waals surface area contributed by atoms with Crippen molar-refractivity contribution in [1.29, 1.82) is 0 Å². The molecule has 0 aliphatic heterocycles. The van der Waals surface area contributed by atoms with Crippen LogP contribution < -0.4 is 14.0 Å². The zero-order valence-electron chi connectivity index (χ0n) is 20.2. The minimum atomic E-state index is -0.00680. The summed E-state index contributed by atoms with van der Waals surface area (Å²) < 4.78 is 16.1. The number of benzene rings is 2. The van der Waals surface area contributed by atoms with Gasteiger partial charge in [-0.3, -0.25) is 0 Å². The van der Waals surface area contributed by atoms with Gasteiger partial charge in [-0.25, -0.2) is 9.13 Å². The number of aromatic nitrogens is 2. The summed E-state index contributed by atoms with van der Waals surface area (Å²) in [6.07, 6.45) is 6.58. The number of hydrogen-bond acceptors (Lipinski definition) is 2. The maximum atomic E-state index is 5.71. The Morgan fingerprint density at radius 1 is 0.742 bits per heavy atom. The molecule has 1 heterocycles. The van der Waals surface area contributed by atoms with Gasteiger partial charge in [-0.05, 0) is 12.1 Å². The van der Waals surface area contributed by atoms with Crippen molar-refractivity contribution in [3.63, 3.8) is 0 Å². The van der Waals surface area contributed by atoms with Gasteiger partial charge in [-0.15, -0.1) is 0 Å². The molecule has 0 bridgehead atoms. The molecule has 2 aromatic carbocycles. The molecule has 3 aromatic rings. The summed E-state index contributed by atoms with van der Waals surface area (Å²) in [6.45, 7) is 13.6. The molecule has 0 N–H and O–H groups in total. The number of para-hydroxylation sites is 2. The Kier molecular flexibility index (Phi) is 6.49. The summed E-state index contributed by atoms with van der Waals surface area (Å²) in [5.41, 5.74) is 2.36. The first-order valence-electron chi connectivity index (χ1n) is 10.9. The lowest BCUT2D eigenvalue weighted by molar-refractivity contribution is -0.725. The molecule has 4 nitrogen and oxygen atoms in total. The van der Waals surface area contributed by atoms with Crippen molar-refractivity contribution >= 4 is 0 Å². The Hall–Kier alpha value is -2.75. The molecule has 0 saturated carbocycles. The lowest BCUT2D eigenvalue weighted by atomic mass is 9.81. The first kappa shape index (κ1) is 22.9. The molecule has 0 fully saturated rings. The number of hydrogen-bond donors (Lipinski definition) is 0. The molecule has 3 rings (SSSR count). The third kappa shape index (κ3) is 4.79. The quantitative estimate of drug-likeness (QED) is 0.452. The average Bonchev–Trinajstić information content (AvgIpc) is 3.15. The monoisotopic (exact) mass is 421 g/mol. The zero-order chi connectivity index (χ0) is 22.8. The van der Waals surface area contributed by atoms with Gasteiger partial charge < -0.3 is 9.47 Å². The Labute approximate surface area is 187 Å². The van der Waals surface area contributed by atoms with Crippen LogP contribution in [0.25, 0.3) is 0 Å². The normalized spacial score (nSPS) is 14.2. The highest BCUT2D eigenvalue weighted by Gasteiger charge is 2.38. The predicted molar refractivity (Wildman–Crippen MR) is 126 cm³/mol. The van der Waals surface area contributed by atoms with Crippen LogP contribution in [0.5, 0.6) is 11.5 Å². The molecule has 0 aliphatic rings. The van der Waals surface area contributed by atoms with E-state index in [0.717, 1.165) is 11.5 Å². The first-order chi connectivity index (χ1) is 14.6. The van der Waals surface area contributed by atoms with Crippen LogP contribution in [0.15, 0.2) is 67.3 Å². The Morgan fingerprint density at radius 3 is 1.77 bits per heavy atom. The fraction of sp³-hybridized carbons (Fsp3) is 0.444. The lowest BCUT2D eigenvalue weighted by Crippen LogP contribution is -2.46. The van der Waals surface area contributed by atoms with E-state index in [9.17, 15) is 0 Å². The Bertz CT molecular complexity index is 928. The van der Waals surface area contributed by atoms with E-state index in [2.05, 4.69) is 93.7 Å². The van der Waals surface area contributed by atoms with Gasteiger partial charge in [0, 0.05) is 22.0 Å². The maximum Gasteiger partial charge on any atom is 0.244 e. The van der Waals surface area contributed by atoms with Crippen molar-refractivity contribution in [3.05, 3.63) is 78.4 Å². The number of nitrogens with zero attached hydrogens (tertiary/aromatic N) is 2. The molecule has 0 aliphatic carbocycles. The van der Waals surface area contributed by atoms with Crippen LogP contribution in [0.2, 0.25) is 0 Å². The number of rotatable bonds is 6. The molecule has 2 atom stereocenters. The zero-order valence-corrected chi connectivity index (χ0v) is 20.2. The highest BCUT2D eigenvalue weighted by molar-refractivity contribution is 5.38. The highest BCUT2D eigenvalue weighted by Crippen LogP contribution is 2.41. The van der Waals surface area contributed by atoms with Crippen molar-refractivity contribution in [2.75, 3.05) is 14.2 Å². The van der Waals surface area contributed by atoms with Gasteiger partial charge in [0.1, 0.15) is 36.0 Å². The molecule has 31 heavy (non-hydrogen) atoms. The summed E-state index contributed by atoms with van der Waals surface area (Å²) in [5, 5.41) is 0. The van der Waals surface area contributed by atoms with Gasteiger partial charge in [-0.2, -0.15) is 0 Å². The second-order valence-corrected chi connectivity index (χ2v) is 10.3. The van der Waals surface area contributed by atoms with E-state index in [-0.39, 0.29) is 22.9 Å². The molecule has 1 aromatic heterocycles. The van der Waals surface area contributed by atoms with Gasteiger partial charge in [-0.1, -0.05) is 77.9 Å². The SMILES string of the molecule is COc1ccccc1[C@@H](n1cc[n+]([C@H](c2ccccc2OC)C(C)(C)C)c1)C(C)(C)C. The molecular weight excluding hydrogens is 384 g/mol. The van der Waals surface area contributed by atoms with Crippen LogP contribution in [-0.2, 0) is 0 Å². The minimum absolute atomic E-state index is 0.00680. The van der Waals surface area contributed by atoms with E-state index in [1.54, 1.807) is 14.2 Å². The van der Waals surface area contributed by atoms with Crippen LogP contribution >= 0.6 is 0 Å². The summed E-state index contributed by atoms with van der Waals surface area (Å²) in [7, 11) is 3.48. The second-order valence-electron chi connectivity index (χ2n) is 10.3. The topological polar surface area (TPSA) is 27.3 Å². The van der Waals surface area contributed by atoms with Crippen LogP contribution in [0.4, 0.5) is 0 Å². The molecule has 0 spiro atoms. The molecule has 0 saturated heterocycles. The third-order valence-electron chi connectivity index (χ3n) is 5.78. The van der Waals surface area contributed by atoms with Crippen LogP contribution in [-0.4, -0.2) is 18.8 Å². The number of ether oxygens (including phenoxy) is 2. The molecule has 0 radical (unpaired) electrons. The molecule has 166 valence electrons. The van der Waals surface area contributed by atoms with Gasteiger partial charge in [0.15, 0.2) is 0 Å². The van der Waals surface area contributed by atoms with Gasteiger partial charge in [0.25, 0.3) is 0 Å². The van der Waals surface area contributed by atoms with E-state index in [1.807, 2.05) is 24.3 Å². The summed E-state index contributed by atoms with van der Waals surface area (Å²) in [6, 6.07) is 16.9. The fourth-order valence-corrected chi connectivity index (χ4v) is 4.62. The van der Waals surface area contributed by atoms with Crippen molar-refractivity contribution in [3.8, 4) is 11.5 Å². The highest BCUT2D eigenvalue weighted by atomic mass is 16.5. The van der Waals surface area contributed by atoms with E-state index < -0.39 is 0 Å². The first-order valence-corrected chi connectivity index (χ1v) is 10.9. The summed E-state index contributed by atoms with van der Waals surface area (Å²) >= 11 is 0. The van der Waals surface area contributed by atoms with Crippen LogP contribution in [0.1, 0.15) is 64.8 Å². The average molecular weight is 422 g/mol. The smallest absolute Gasteiger partial charge is 0.244 e. The van der Waals surface area contributed by atoms with E-state index in [4.69, 9.17) is 9.47 Å². The summed E-state index contributed by atoms with van der Waals surface area (Å²) in [5.74, 6) is 1.83. The van der Waals surface area contributed by atoms with E-state index in [0.29, 0.717) is 0 Å². The van der Waals surface area contributed by atoms with Crippen molar-refractivity contribution < 1.29 is 14.0 Å². The lowest BCUT2D eigenvalue weighted by Gasteiger charge is -2.30. The Balaban J connectivity index is 2.14. The van der Waals surface area contributed by atoms with E-state index in [1.165, 1.54) is 11.1 Å². The molecule has 0 unspecified atom stereocenters. The number of methoxy groups -OCH3 is 2. The molecule has 0 amide bonds. The van der Waals surface area contributed by atoms with Gasteiger partial charge in [0.2, 0.25) is 6.33 Å². The van der Waals surface area contributed by atoms with Crippen molar-refractivity contribution in [2.24, 2.45) is 10.8 Å². The second kappa shape index (κ2) is 8.78. The summed E-state index contributed by atoms with van der Waals surface area (Å²) in [4.78, 5) is 0. The molecule has 4 heteroatoms. The van der Waals surface area contributed by atoms with Crippen molar-refractivity contribution in [2.45, 2.75) is 53.6 Å². The van der Waals surface area contributed by atoms with Crippen LogP contribution in [0, 0.1) is 10.8 Å². The third-order valence-corrected chi connectivity index (χ3v) is 5.78.